The molecule has 2 heterocycles. The topological polar surface area (TPSA) is 154 Å². The zero-order valence-corrected chi connectivity index (χ0v) is 16.9. The van der Waals surface area contributed by atoms with E-state index in [1.165, 1.54) is 27.1 Å². The highest BCUT2D eigenvalue weighted by Gasteiger charge is 2.24. The predicted octanol–water partition coefficient (Wildman–Crippen LogP) is 0.0611. The lowest BCUT2D eigenvalue weighted by atomic mass is 10.2. The molecule has 1 N–H and O–H groups in total. The first-order valence-electron chi connectivity index (χ1n) is 9.38. The van der Waals surface area contributed by atoms with Crippen LogP contribution in [0.3, 0.4) is 0 Å². The van der Waals surface area contributed by atoms with Gasteiger partial charge < -0.3 is 14.5 Å². The van der Waals surface area contributed by atoms with Crippen LogP contribution in [0.2, 0.25) is 0 Å². The lowest BCUT2D eigenvalue weighted by molar-refractivity contribution is -0.384. The van der Waals surface area contributed by atoms with Crippen molar-refractivity contribution in [1.82, 2.24) is 14.2 Å². The second-order valence-corrected chi connectivity index (χ2v) is 8.80. The van der Waals surface area contributed by atoms with Crippen molar-refractivity contribution in [3.05, 3.63) is 38.9 Å². The van der Waals surface area contributed by atoms with Crippen LogP contribution in [-0.4, -0.2) is 66.7 Å². The number of nitrogens with zero attached hydrogens (tertiary/aromatic N) is 3. The largest absolute Gasteiger partial charge is 0.419 e. The molecule has 0 saturated carbocycles. The van der Waals surface area contributed by atoms with Crippen molar-refractivity contribution < 1.29 is 27.3 Å². The van der Waals surface area contributed by atoms with E-state index in [2.05, 4.69) is 5.32 Å². The number of nitrogens with one attached hydrogen (secondary N) is 1. The molecule has 0 atom stereocenters. The summed E-state index contributed by atoms with van der Waals surface area (Å²) in [6, 6.07) is 3.87. The summed E-state index contributed by atoms with van der Waals surface area (Å²) in [7, 11) is -3.44. The van der Waals surface area contributed by atoms with Crippen molar-refractivity contribution in [3.8, 4) is 0 Å². The average molecular weight is 442 g/mol. The first-order valence-corrected chi connectivity index (χ1v) is 11.0. The fourth-order valence-corrected chi connectivity index (χ4v) is 4.46. The smallest absolute Gasteiger partial charge is 0.407 e. The van der Waals surface area contributed by atoms with Crippen LogP contribution in [0.25, 0.3) is 11.1 Å². The van der Waals surface area contributed by atoms with Crippen LogP contribution in [0.1, 0.15) is 12.8 Å². The van der Waals surface area contributed by atoms with Crippen molar-refractivity contribution in [3.63, 3.8) is 0 Å². The summed E-state index contributed by atoms with van der Waals surface area (Å²) in [5.41, 5.74) is 0.324. The molecule has 0 unspecified atom stereocenters. The van der Waals surface area contributed by atoms with Crippen LogP contribution in [0.5, 0.6) is 0 Å². The van der Waals surface area contributed by atoms with Crippen molar-refractivity contribution in [2.75, 3.05) is 38.6 Å². The maximum Gasteiger partial charge on any atom is 0.419 e. The van der Waals surface area contributed by atoms with Crippen molar-refractivity contribution in [2.45, 2.75) is 19.4 Å². The third-order valence-corrected chi connectivity index (χ3v) is 6.57. The van der Waals surface area contributed by atoms with Crippen LogP contribution < -0.4 is 11.1 Å². The molecule has 12 nitrogen and oxygen atoms in total. The number of oxazole rings is 1. The number of nitro benzene ring substituents is 1. The Kier molecular flexibility index (Phi) is 6.84. The summed E-state index contributed by atoms with van der Waals surface area (Å²) in [6.45, 7) is 1.53. The first-order chi connectivity index (χ1) is 14.3. The van der Waals surface area contributed by atoms with Crippen LogP contribution in [0.4, 0.5) is 5.69 Å². The quantitative estimate of drug-likeness (QED) is 0.422. The second-order valence-electron chi connectivity index (χ2n) is 6.71. The van der Waals surface area contributed by atoms with E-state index < -0.39 is 20.7 Å². The number of fused-ring (bicyclic) bond motifs is 1. The highest BCUT2D eigenvalue weighted by molar-refractivity contribution is 7.89. The fraction of sp³-hybridized carbons (Fsp3) is 0.529. The van der Waals surface area contributed by atoms with Gasteiger partial charge in [0.1, 0.15) is 0 Å². The number of nitro groups is 1. The lowest BCUT2D eigenvalue weighted by Gasteiger charge is -2.26. The maximum atomic E-state index is 12.2. The van der Waals surface area contributed by atoms with Crippen LogP contribution in [0.15, 0.2) is 27.4 Å². The third kappa shape index (κ3) is 5.23. The number of carbonyl (C=O) groups excluding carboxylic acids is 1. The van der Waals surface area contributed by atoms with Gasteiger partial charge in [0.25, 0.3) is 5.69 Å². The number of rotatable bonds is 9. The summed E-state index contributed by atoms with van der Waals surface area (Å²) < 4.78 is 37.2. The second kappa shape index (κ2) is 9.36. The lowest BCUT2D eigenvalue weighted by Crippen LogP contribution is -2.43. The van der Waals surface area contributed by atoms with Crippen LogP contribution >= 0.6 is 0 Å². The number of non-ortho nitro benzene ring substituents is 1. The molecule has 1 amide bonds. The molecule has 2 aromatic rings. The number of morpholine rings is 1. The molecule has 1 aliphatic heterocycles. The van der Waals surface area contributed by atoms with E-state index in [0.29, 0.717) is 38.2 Å². The molecule has 0 spiro atoms. The molecule has 13 heteroatoms. The molecule has 1 aromatic heterocycles. The van der Waals surface area contributed by atoms with E-state index in [1.807, 2.05) is 0 Å². The van der Waals surface area contributed by atoms with Gasteiger partial charge in [-0.1, -0.05) is 0 Å². The summed E-state index contributed by atoms with van der Waals surface area (Å²) in [5, 5.41) is 13.4. The van der Waals surface area contributed by atoms with E-state index in [9.17, 15) is 28.1 Å². The molecule has 0 bridgehead atoms. The SMILES string of the molecule is O=C(CCCn1c(=O)oc2cc([N+](=O)[O-])ccc21)NCCS(=O)(=O)N1CCOCC1. The Morgan fingerprint density at radius 3 is 2.70 bits per heavy atom. The van der Waals surface area contributed by atoms with Crippen molar-refractivity contribution in [1.29, 1.82) is 0 Å². The Bertz CT molecular complexity index is 1080. The molecular weight excluding hydrogens is 420 g/mol. The molecule has 1 aliphatic rings. The predicted molar refractivity (Wildman–Crippen MR) is 106 cm³/mol. The number of hydrogen-bond acceptors (Lipinski definition) is 8. The molecule has 164 valence electrons. The minimum Gasteiger partial charge on any atom is -0.407 e. The number of hydrogen-bond donors (Lipinski definition) is 1. The Labute approximate surface area is 171 Å². The molecule has 1 fully saturated rings. The first kappa shape index (κ1) is 21.9. The van der Waals surface area contributed by atoms with Gasteiger partial charge >= 0.3 is 5.76 Å². The number of amides is 1. The highest BCUT2D eigenvalue weighted by Crippen LogP contribution is 2.20. The zero-order chi connectivity index (χ0) is 21.7. The zero-order valence-electron chi connectivity index (χ0n) is 16.1. The average Bonchev–Trinajstić information content (AvgIpc) is 3.03. The molecule has 3 rings (SSSR count). The highest BCUT2D eigenvalue weighted by atomic mass is 32.2. The summed E-state index contributed by atoms with van der Waals surface area (Å²) in [4.78, 5) is 34.2. The fourth-order valence-electron chi connectivity index (χ4n) is 3.14. The normalized spacial score (nSPS) is 15.3. The molecule has 1 aromatic carbocycles. The van der Waals surface area contributed by atoms with Gasteiger partial charge in [0.15, 0.2) is 5.58 Å². The number of sulfonamides is 1. The number of carbonyl (C=O) groups is 1. The summed E-state index contributed by atoms with van der Waals surface area (Å²) >= 11 is 0. The summed E-state index contributed by atoms with van der Waals surface area (Å²) in [5.74, 6) is -1.19. The van der Waals surface area contributed by atoms with Gasteiger partial charge in [0, 0.05) is 38.7 Å². The van der Waals surface area contributed by atoms with E-state index in [4.69, 9.17) is 9.15 Å². The third-order valence-electron chi connectivity index (χ3n) is 4.69. The van der Waals surface area contributed by atoms with Gasteiger partial charge in [-0.3, -0.25) is 19.5 Å². The van der Waals surface area contributed by atoms with Crippen LogP contribution in [0, 0.1) is 10.1 Å². The molecule has 0 radical (unpaired) electrons. The summed E-state index contributed by atoms with van der Waals surface area (Å²) in [6.07, 6.45) is 0.400. The van der Waals surface area contributed by atoms with Gasteiger partial charge in [-0.2, -0.15) is 4.31 Å². The van der Waals surface area contributed by atoms with Gasteiger partial charge in [0.2, 0.25) is 15.9 Å². The van der Waals surface area contributed by atoms with Gasteiger partial charge in [0.05, 0.1) is 35.5 Å². The van der Waals surface area contributed by atoms with Crippen molar-refractivity contribution in [2.24, 2.45) is 0 Å². The van der Waals surface area contributed by atoms with Crippen molar-refractivity contribution >= 4 is 32.7 Å². The van der Waals surface area contributed by atoms with E-state index >= 15 is 0 Å². The molecular formula is C17H22N4O8S. The van der Waals surface area contributed by atoms with Gasteiger partial charge in [-0.25, -0.2) is 13.2 Å². The standard InChI is InChI=1S/C17H22N4O8S/c22-16(18-5-11-30(26,27)19-7-9-28-10-8-19)2-1-6-20-14-4-3-13(21(24)25)12-15(14)29-17(20)23/h3-4,12H,1-2,5-11H2,(H,18,22). The maximum absolute atomic E-state index is 12.2. The minimum absolute atomic E-state index is 0.00319. The minimum atomic E-state index is -3.44. The van der Waals surface area contributed by atoms with E-state index in [0.717, 1.165) is 0 Å². The number of benzene rings is 1. The van der Waals surface area contributed by atoms with Gasteiger partial charge in [-0.05, 0) is 12.5 Å². The Morgan fingerprint density at radius 1 is 1.27 bits per heavy atom. The molecule has 1 saturated heterocycles. The number of ether oxygens (including phenoxy) is 1. The Balaban J connectivity index is 1.47. The monoisotopic (exact) mass is 442 g/mol. The Hall–Kier alpha value is -2.77. The Morgan fingerprint density at radius 2 is 2.00 bits per heavy atom. The number of aryl methyl sites for hydroxylation is 1. The van der Waals surface area contributed by atoms with E-state index in [-0.39, 0.29) is 42.4 Å². The molecule has 0 aliphatic carbocycles. The molecule has 30 heavy (non-hydrogen) atoms. The van der Waals surface area contributed by atoms with E-state index in [1.54, 1.807) is 0 Å². The number of aromatic nitrogens is 1. The van der Waals surface area contributed by atoms with Gasteiger partial charge in [-0.15, -0.1) is 0 Å². The van der Waals surface area contributed by atoms with Crippen LogP contribution in [-0.2, 0) is 26.1 Å².